The number of aryl methyl sites for hydroxylation is 1. The number of aliphatic hydroxyl groups excluding tert-OH is 1. The molecule has 1 atom stereocenters. The van der Waals surface area contributed by atoms with Gasteiger partial charge < -0.3 is 15.6 Å². The van der Waals surface area contributed by atoms with E-state index in [1.807, 2.05) is 32.9 Å². The summed E-state index contributed by atoms with van der Waals surface area (Å²) in [5.74, 6) is 0.573. The molecule has 1 aromatic carbocycles. The second kappa shape index (κ2) is 5.53. The van der Waals surface area contributed by atoms with Crippen molar-refractivity contribution in [3.05, 3.63) is 28.3 Å². The lowest BCUT2D eigenvalue weighted by Gasteiger charge is -2.19. The predicted molar refractivity (Wildman–Crippen MR) is 66.0 cm³/mol. The summed E-state index contributed by atoms with van der Waals surface area (Å²) < 4.78 is 5.63. The molecule has 90 valence electrons. The molecule has 0 aliphatic carbocycles. The molecule has 1 unspecified atom stereocenters. The largest absolute Gasteiger partial charge is 0.489 e. The monoisotopic (exact) mass is 243 g/mol. The zero-order valence-electron chi connectivity index (χ0n) is 9.83. The highest BCUT2D eigenvalue weighted by Crippen LogP contribution is 2.34. The minimum Gasteiger partial charge on any atom is -0.489 e. The third kappa shape index (κ3) is 3.11. The van der Waals surface area contributed by atoms with E-state index >= 15 is 0 Å². The summed E-state index contributed by atoms with van der Waals surface area (Å²) in [5, 5.41) is 9.64. The van der Waals surface area contributed by atoms with Crippen LogP contribution in [-0.2, 0) is 0 Å². The second-order valence-electron chi connectivity index (χ2n) is 4.12. The van der Waals surface area contributed by atoms with E-state index < -0.39 is 6.04 Å². The summed E-state index contributed by atoms with van der Waals surface area (Å²) in [7, 11) is 0. The molecule has 0 radical (unpaired) electrons. The van der Waals surface area contributed by atoms with Crippen molar-refractivity contribution >= 4 is 11.6 Å². The molecule has 16 heavy (non-hydrogen) atoms. The summed E-state index contributed by atoms with van der Waals surface area (Å²) in [6.07, 6.45) is 0.0184. The van der Waals surface area contributed by atoms with Crippen LogP contribution in [0.1, 0.15) is 31.0 Å². The van der Waals surface area contributed by atoms with Crippen LogP contribution in [-0.4, -0.2) is 17.8 Å². The van der Waals surface area contributed by atoms with Crippen molar-refractivity contribution in [1.29, 1.82) is 0 Å². The number of aliphatic hydroxyl groups is 1. The van der Waals surface area contributed by atoms with Gasteiger partial charge in [-0.15, -0.1) is 0 Å². The standard InChI is InChI=1S/C12H18ClNO2/c1-7(2)16-12-9(11(14)6-15)4-8(3)5-10(12)13/h4-5,7,11,15H,6,14H2,1-3H3. The van der Waals surface area contributed by atoms with Gasteiger partial charge in [0.2, 0.25) is 0 Å². The highest BCUT2D eigenvalue weighted by atomic mass is 35.5. The number of hydrogen-bond acceptors (Lipinski definition) is 3. The maximum atomic E-state index is 9.10. The van der Waals surface area contributed by atoms with E-state index in [2.05, 4.69) is 0 Å². The smallest absolute Gasteiger partial charge is 0.143 e. The second-order valence-corrected chi connectivity index (χ2v) is 4.53. The average Bonchev–Trinajstić information content (AvgIpc) is 2.20. The highest BCUT2D eigenvalue weighted by molar-refractivity contribution is 6.32. The van der Waals surface area contributed by atoms with Gasteiger partial charge in [0.15, 0.2) is 0 Å². The van der Waals surface area contributed by atoms with E-state index in [9.17, 15) is 0 Å². The first-order chi connectivity index (χ1) is 7.45. The van der Waals surface area contributed by atoms with Gasteiger partial charge in [0.1, 0.15) is 5.75 Å². The van der Waals surface area contributed by atoms with E-state index in [-0.39, 0.29) is 12.7 Å². The van der Waals surface area contributed by atoms with Crippen molar-refractivity contribution in [1.82, 2.24) is 0 Å². The molecule has 1 aromatic rings. The van der Waals surface area contributed by atoms with Gasteiger partial charge in [-0.1, -0.05) is 17.7 Å². The lowest BCUT2D eigenvalue weighted by atomic mass is 10.0. The van der Waals surface area contributed by atoms with E-state index in [0.29, 0.717) is 10.8 Å². The molecule has 0 amide bonds. The van der Waals surface area contributed by atoms with Crippen LogP contribution in [0, 0.1) is 6.92 Å². The molecule has 0 bridgehead atoms. The molecule has 0 fully saturated rings. The Kier molecular flexibility index (Phi) is 4.59. The fourth-order valence-electron chi connectivity index (χ4n) is 1.49. The lowest BCUT2D eigenvalue weighted by molar-refractivity contribution is 0.229. The van der Waals surface area contributed by atoms with Gasteiger partial charge in [-0.3, -0.25) is 0 Å². The van der Waals surface area contributed by atoms with E-state index in [4.69, 9.17) is 27.2 Å². The first kappa shape index (κ1) is 13.3. The van der Waals surface area contributed by atoms with Crippen molar-refractivity contribution < 1.29 is 9.84 Å². The summed E-state index contributed by atoms with van der Waals surface area (Å²) in [4.78, 5) is 0. The van der Waals surface area contributed by atoms with Crippen LogP contribution < -0.4 is 10.5 Å². The Morgan fingerprint density at radius 1 is 1.44 bits per heavy atom. The van der Waals surface area contributed by atoms with Crippen LogP contribution in [0.4, 0.5) is 0 Å². The molecule has 3 nitrogen and oxygen atoms in total. The molecular weight excluding hydrogens is 226 g/mol. The van der Waals surface area contributed by atoms with Gasteiger partial charge in [-0.25, -0.2) is 0 Å². The molecular formula is C12H18ClNO2. The highest BCUT2D eigenvalue weighted by Gasteiger charge is 2.16. The third-order valence-electron chi connectivity index (χ3n) is 2.17. The molecule has 0 heterocycles. The molecule has 0 saturated carbocycles. The number of halogens is 1. The Balaban J connectivity index is 3.20. The number of rotatable bonds is 4. The molecule has 0 aliphatic heterocycles. The van der Waals surface area contributed by atoms with Crippen LogP contribution in [0.3, 0.4) is 0 Å². The maximum absolute atomic E-state index is 9.10. The van der Waals surface area contributed by atoms with Crippen molar-refractivity contribution in [3.8, 4) is 5.75 Å². The Hall–Kier alpha value is -0.770. The minimum atomic E-state index is -0.467. The van der Waals surface area contributed by atoms with Gasteiger partial charge in [-0.05, 0) is 32.4 Å². The topological polar surface area (TPSA) is 55.5 Å². The predicted octanol–water partition coefficient (Wildman–Crippen LogP) is 2.43. The molecule has 0 aliphatic rings. The van der Waals surface area contributed by atoms with Crippen molar-refractivity contribution in [2.45, 2.75) is 32.9 Å². The molecule has 0 saturated heterocycles. The van der Waals surface area contributed by atoms with Crippen LogP contribution in [0.15, 0.2) is 12.1 Å². The number of hydrogen-bond donors (Lipinski definition) is 2. The van der Waals surface area contributed by atoms with Crippen LogP contribution in [0.5, 0.6) is 5.75 Å². The van der Waals surface area contributed by atoms with Gasteiger partial charge in [0.05, 0.1) is 23.8 Å². The fourth-order valence-corrected chi connectivity index (χ4v) is 1.82. The summed E-state index contributed by atoms with van der Waals surface area (Å²) >= 11 is 6.12. The molecule has 3 N–H and O–H groups in total. The van der Waals surface area contributed by atoms with E-state index in [0.717, 1.165) is 11.1 Å². The van der Waals surface area contributed by atoms with Crippen molar-refractivity contribution in [2.24, 2.45) is 5.73 Å². The first-order valence-corrected chi connectivity index (χ1v) is 5.66. The summed E-state index contributed by atoms with van der Waals surface area (Å²) in [5.41, 5.74) is 7.57. The van der Waals surface area contributed by atoms with Gasteiger partial charge >= 0.3 is 0 Å². The Morgan fingerprint density at radius 3 is 2.56 bits per heavy atom. The minimum absolute atomic E-state index is 0.0184. The normalized spacial score (nSPS) is 12.9. The lowest BCUT2D eigenvalue weighted by Crippen LogP contribution is -2.18. The van der Waals surface area contributed by atoms with Gasteiger partial charge in [0.25, 0.3) is 0 Å². The number of ether oxygens (including phenoxy) is 1. The van der Waals surface area contributed by atoms with Gasteiger partial charge in [0, 0.05) is 5.56 Å². The Labute approximate surface area is 101 Å². The molecule has 4 heteroatoms. The average molecular weight is 244 g/mol. The number of nitrogens with two attached hydrogens (primary N) is 1. The van der Waals surface area contributed by atoms with Gasteiger partial charge in [-0.2, -0.15) is 0 Å². The first-order valence-electron chi connectivity index (χ1n) is 5.28. The SMILES string of the molecule is Cc1cc(Cl)c(OC(C)C)c(C(N)CO)c1. The van der Waals surface area contributed by atoms with E-state index in [1.54, 1.807) is 0 Å². The van der Waals surface area contributed by atoms with E-state index in [1.165, 1.54) is 0 Å². The quantitative estimate of drug-likeness (QED) is 0.854. The molecule has 0 aromatic heterocycles. The Bertz CT molecular complexity index is 366. The molecule has 1 rings (SSSR count). The molecule has 0 spiro atoms. The fraction of sp³-hybridized carbons (Fsp3) is 0.500. The van der Waals surface area contributed by atoms with Crippen LogP contribution in [0.2, 0.25) is 5.02 Å². The van der Waals surface area contributed by atoms with Crippen molar-refractivity contribution in [2.75, 3.05) is 6.61 Å². The Morgan fingerprint density at radius 2 is 2.06 bits per heavy atom. The summed E-state index contributed by atoms with van der Waals surface area (Å²) in [6.45, 7) is 5.64. The van der Waals surface area contributed by atoms with Crippen molar-refractivity contribution in [3.63, 3.8) is 0 Å². The zero-order valence-corrected chi connectivity index (χ0v) is 10.6. The van der Waals surface area contributed by atoms with Crippen LogP contribution >= 0.6 is 11.6 Å². The zero-order chi connectivity index (χ0) is 12.3. The maximum Gasteiger partial charge on any atom is 0.143 e. The summed E-state index contributed by atoms with van der Waals surface area (Å²) in [6, 6.07) is 3.25. The third-order valence-corrected chi connectivity index (χ3v) is 2.45. The van der Waals surface area contributed by atoms with Crippen LogP contribution in [0.25, 0.3) is 0 Å². The number of benzene rings is 1.